The lowest BCUT2D eigenvalue weighted by Gasteiger charge is -2.26. The molecule has 2 aliphatic rings. The molecule has 1 radical (unpaired) electrons. The van der Waals surface area contributed by atoms with E-state index < -0.39 is 0 Å². The van der Waals surface area contributed by atoms with Crippen LogP contribution in [-0.4, -0.2) is 11.8 Å². The average molecular weight is 890 g/mol. The monoisotopic (exact) mass is 889 g/mol. The topological polar surface area (TPSA) is 30.1 Å². The summed E-state index contributed by atoms with van der Waals surface area (Å²) in [5.41, 5.74) is 22.6. The van der Waals surface area contributed by atoms with Crippen LogP contribution in [0.2, 0.25) is 0 Å². The van der Waals surface area contributed by atoms with Crippen molar-refractivity contribution in [3.05, 3.63) is 199 Å². The van der Waals surface area contributed by atoms with E-state index in [1.807, 2.05) is 11.3 Å². The molecule has 0 unspecified atom stereocenters. The molecule has 1 aliphatic carbocycles. The van der Waals surface area contributed by atoms with Crippen molar-refractivity contribution in [1.29, 1.82) is 0 Å². The Morgan fingerprint density at radius 2 is 1.29 bits per heavy atom. The maximum Gasteiger partial charge on any atom is 0.197 e. The van der Waals surface area contributed by atoms with E-state index in [4.69, 9.17) is 4.42 Å². The Kier molecular flexibility index (Phi) is 8.27. The highest BCUT2D eigenvalue weighted by Crippen LogP contribution is 2.53. The van der Waals surface area contributed by atoms with Gasteiger partial charge in [-0.05, 0) is 104 Å². The van der Waals surface area contributed by atoms with Gasteiger partial charge in [0.25, 0.3) is 0 Å². The molecule has 0 bridgehead atoms. The molecule has 3 aromatic heterocycles. The van der Waals surface area contributed by atoms with Gasteiger partial charge >= 0.3 is 0 Å². The Morgan fingerprint density at radius 3 is 2.09 bits per heavy atom. The summed E-state index contributed by atoms with van der Waals surface area (Å²) in [7, 11) is 2.47. The largest absolute Gasteiger partial charge is 0.456 e. The lowest BCUT2D eigenvalue weighted by Crippen LogP contribution is -2.37. The normalized spacial score (nSPS) is 13.6. The van der Waals surface area contributed by atoms with Gasteiger partial charge in [-0.2, -0.15) is 0 Å². The number of fused-ring (bicyclic) bond motifs is 12. The smallest absolute Gasteiger partial charge is 0.197 e. The first-order chi connectivity index (χ1) is 33.1. The summed E-state index contributed by atoms with van der Waals surface area (Å²) in [6, 6.07) is 67.5. The zero-order chi connectivity index (χ0) is 45.6. The maximum absolute atomic E-state index is 6.64. The Balaban J connectivity index is 1.06. The number of hydrogen-bond donors (Lipinski definition) is 1. The average Bonchev–Trinajstić information content (AvgIpc) is 4.07. The van der Waals surface area contributed by atoms with E-state index in [0.717, 1.165) is 38.8 Å². The van der Waals surface area contributed by atoms with Crippen molar-refractivity contribution in [3.63, 3.8) is 0 Å². The molecule has 3 nitrogen and oxygen atoms in total. The Labute approximate surface area is 400 Å². The van der Waals surface area contributed by atoms with E-state index in [1.54, 1.807) is 0 Å². The van der Waals surface area contributed by atoms with Crippen LogP contribution in [0, 0.1) is 0 Å². The van der Waals surface area contributed by atoms with Gasteiger partial charge in [0.05, 0.1) is 5.52 Å². The number of thiophene rings is 1. The van der Waals surface area contributed by atoms with E-state index >= 15 is 0 Å². The van der Waals surface area contributed by atoms with Gasteiger partial charge in [0, 0.05) is 81.7 Å². The highest BCUT2D eigenvalue weighted by Gasteiger charge is 2.37. The summed E-state index contributed by atoms with van der Waals surface area (Å²) < 4.78 is 10.5. The molecule has 12 aromatic rings. The van der Waals surface area contributed by atoms with Gasteiger partial charge < -0.3 is 14.3 Å². The minimum Gasteiger partial charge on any atom is -0.456 e. The first-order valence-corrected chi connectivity index (χ1v) is 24.6. The van der Waals surface area contributed by atoms with Crippen LogP contribution < -0.4 is 16.2 Å². The van der Waals surface area contributed by atoms with Crippen LogP contribution in [0.4, 0.5) is 11.4 Å². The van der Waals surface area contributed by atoms with E-state index in [-0.39, 0.29) is 10.8 Å². The molecule has 1 aliphatic heterocycles. The van der Waals surface area contributed by atoms with Gasteiger partial charge in [-0.25, -0.2) is 0 Å². The number of rotatable bonds is 5. The third-order valence-electron chi connectivity index (χ3n) is 15.0. The van der Waals surface area contributed by atoms with Crippen molar-refractivity contribution in [2.45, 2.75) is 45.4 Å². The van der Waals surface area contributed by atoms with Crippen LogP contribution in [0.15, 0.2) is 186 Å². The summed E-state index contributed by atoms with van der Waals surface area (Å²) >= 11 is 1.89. The SMILES string of the molecule is CC(C)(C)c1ccc(Nc2cc3c(cc2-c2ccc4c5cc6c(cc5n5c4c2[B]c2cc4sc(-c7ccccc7)c(-c7ccccc7)c4cc2-5)oc2ccccc26)-c2ccccc2C3(C)C)cc1. The number of nitrogens with zero attached hydrogens (tertiary/aromatic N) is 1. The minimum absolute atomic E-state index is 0.0618. The molecule has 0 spiro atoms. The second kappa shape index (κ2) is 14.2. The van der Waals surface area contributed by atoms with Crippen molar-refractivity contribution in [3.8, 4) is 49.5 Å². The third-order valence-corrected chi connectivity index (χ3v) is 16.2. The van der Waals surface area contributed by atoms with Crippen LogP contribution in [0.25, 0.3) is 103 Å². The van der Waals surface area contributed by atoms with Crippen molar-refractivity contribution in [1.82, 2.24) is 4.57 Å². The molecule has 14 rings (SSSR count). The summed E-state index contributed by atoms with van der Waals surface area (Å²) in [4.78, 5) is 1.28. The molecule has 5 heteroatoms. The second-order valence-corrected chi connectivity index (χ2v) is 21.4. The summed E-state index contributed by atoms with van der Waals surface area (Å²) in [5.74, 6) is 0. The quantitative estimate of drug-likeness (QED) is 0.175. The first kappa shape index (κ1) is 39.6. The van der Waals surface area contributed by atoms with E-state index in [9.17, 15) is 0 Å². The number of para-hydroxylation sites is 1. The predicted molar refractivity (Wildman–Crippen MR) is 291 cm³/mol. The van der Waals surface area contributed by atoms with Crippen molar-refractivity contribution >= 4 is 94.7 Å². The third kappa shape index (κ3) is 5.72. The molecule has 0 saturated carbocycles. The highest BCUT2D eigenvalue weighted by molar-refractivity contribution is 7.23. The van der Waals surface area contributed by atoms with E-state index in [1.165, 1.54) is 103 Å². The van der Waals surface area contributed by atoms with Gasteiger partial charge in [0.2, 0.25) is 0 Å². The fourth-order valence-electron chi connectivity index (χ4n) is 11.6. The summed E-state index contributed by atoms with van der Waals surface area (Å²) in [6.07, 6.45) is 0. The van der Waals surface area contributed by atoms with Gasteiger partial charge in [-0.1, -0.05) is 167 Å². The molecule has 1 N–H and O–H groups in total. The number of anilines is 2. The zero-order valence-electron chi connectivity index (χ0n) is 38.7. The molecule has 68 heavy (non-hydrogen) atoms. The summed E-state index contributed by atoms with van der Waals surface area (Å²) in [5, 5.41) is 9.97. The van der Waals surface area contributed by atoms with Gasteiger partial charge in [-0.3, -0.25) is 0 Å². The van der Waals surface area contributed by atoms with Gasteiger partial charge in [0.1, 0.15) is 11.2 Å². The van der Waals surface area contributed by atoms with Crippen LogP contribution >= 0.6 is 11.3 Å². The molecule has 0 atom stereocenters. The van der Waals surface area contributed by atoms with Crippen molar-refractivity contribution in [2.75, 3.05) is 5.32 Å². The fraction of sp³-hybridized carbons (Fsp3) is 0.111. The van der Waals surface area contributed by atoms with Gasteiger partial charge in [0.15, 0.2) is 7.28 Å². The molecule has 9 aromatic carbocycles. The summed E-state index contributed by atoms with van der Waals surface area (Å²) in [6.45, 7) is 11.6. The molecular weight excluding hydrogens is 844 g/mol. The predicted octanol–water partition coefficient (Wildman–Crippen LogP) is 16.2. The molecular formula is C63H46BN2OS. The Bertz CT molecular complexity index is 4070. The van der Waals surface area contributed by atoms with Crippen LogP contribution in [0.1, 0.15) is 51.3 Å². The molecule has 323 valence electrons. The number of furan rings is 1. The number of benzene rings is 9. The molecule has 0 amide bonds. The zero-order valence-corrected chi connectivity index (χ0v) is 39.5. The number of hydrogen-bond acceptors (Lipinski definition) is 3. The number of nitrogens with one attached hydrogen (secondary N) is 1. The lowest BCUT2D eigenvalue weighted by molar-refractivity contribution is 0.590. The molecule has 4 heterocycles. The van der Waals surface area contributed by atoms with E-state index in [2.05, 4.69) is 234 Å². The van der Waals surface area contributed by atoms with Crippen molar-refractivity contribution in [2.24, 2.45) is 0 Å². The first-order valence-electron chi connectivity index (χ1n) is 23.7. The highest BCUT2D eigenvalue weighted by atomic mass is 32.1. The fourth-order valence-corrected chi connectivity index (χ4v) is 12.8. The Morgan fingerprint density at radius 1 is 0.559 bits per heavy atom. The Hall–Kier alpha value is -7.60. The number of aromatic nitrogens is 1. The lowest BCUT2D eigenvalue weighted by atomic mass is 9.59. The van der Waals surface area contributed by atoms with Crippen LogP contribution in [0.5, 0.6) is 0 Å². The van der Waals surface area contributed by atoms with Crippen LogP contribution in [-0.2, 0) is 10.8 Å². The minimum atomic E-state index is -0.156. The standard InChI is InChI=1S/C63H46BN2OS/c1-62(2,3)38-24-26-39(27-25-38)65-52-33-50-44(40-20-12-14-22-49(40)63(50,4)5)30-45(52)42-28-29-43-46-31-47-41-21-13-15-23-55(41)67-56(47)35-53(46)66-54-32-48-57(34-51(54)64-59(42)60(43)66)68-61(37-18-10-7-11-19-37)58(48)36-16-8-6-9-17-36/h6-35,65H,1-5H3. The maximum atomic E-state index is 6.64. The van der Waals surface area contributed by atoms with Crippen LogP contribution in [0.3, 0.4) is 0 Å². The van der Waals surface area contributed by atoms with Crippen molar-refractivity contribution < 1.29 is 4.42 Å². The molecule has 0 saturated heterocycles. The van der Waals surface area contributed by atoms with Gasteiger partial charge in [-0.15, -0.1) is 11.3 Å². The second-order valence-electron chi connectivity index (χ2n) is 20.4. The van der Waals surface area contributed by atoms with E-state index in [0.29, 0.717) is 0 Å². The molecule has 0 fully saturated rings.